The summed E-state index contributed by atoms with van der Waals surface area (Å²) in [6, 6.07) is 13.5. The number of para-hydroxylation sites is 1. The summed E-state index contributed by atoms with van der Waals surface area (Å²) in [5, 5.41) is 18.4. The fourth-order valence-corrected chi connectivity index (χ4v) is 2.36. The number of nitrogens with one attached hydrogen (secondary N) is 1. The molecule has 1 N–H and O–H groups in total. The molecule has 0 aliphatic carbocycles. The van der Waals surface area contributed by atoms with Crippen LogP contribution >= 0.6 is 0 Å². The quantitative estimate of drug-likeness (QED) is 0.547. The van der Waals surface area contributed by atoms with E-state index >= 15 is 0 Å². The smallest absolute Gasteiger partial charge is 0.295 e. The molecule has 1 heterocycles. The SMILES string of the molecule is COc1cc(NCc2ccn(-c3ccccc3)n2)c([N+](=O)[O-])cc1F. The lowest BCUT2D eigenvalue weighted by Gasteiger charge is -2.09. The van der Waals surface area contributed by atoms with Crippen molar-refractivity contribution in [3.63, 3.8) is 0 Å². The van der Waals surface area contributed by atoms with Gasteiger partial charge in [0.2, 0.25) is 0 Å². The minimum absolute atomic E-state index is 0.0667. The van der Waals surface area contributed by atoms with E-state index in [-0.39, 0.29) is 23.7 Å². The third-order valence-corrected chi connectivity index (χ3v) is 3.59. The average molecular weight is 342 g/mol. The van der Waals surface area contributed by atoms with Gasteiger partial charge in [-0.2, -0.15) is 5.10 Å². The molecule has 128 valence electrons. The van der Waals surface area contributed by atoms with Crippen LogP contribution in [0.3, 0.4) is 0 Å². The van der Waals surface area contributed by atoms with Crippen LogP contribution in [0.15, 0.2) is 54.7 Å². The fourth-order valence-electron chi connectivity index (χ4n) is 2.36. The Labute approximate surface area is 142 Å². The maximum absolute atomic E-state index is 13.7. The molecule has 3 rings (SSSR count). The Morgan fingerprint density at radius 1 is 1.28 bits per heavy atom. The number of hydrogen-bond donors (Lipinski definition) is 1. The molecule has 25 heavy (non-hydrogen) atoms. The maximum atomic E-state index is 13.7. The number of hydrogen-bond acceptors (Lipinski definition) is 5. The molecule has 0 amide bonds. The van der Waals surface area contributed by atoms with Gasteiger partial charge in [0.05, 0.1) is 36.0 Å². The highest BCUT2D eigenvalue weighted by Crippen LogP contribution is 2.32. The molecule has 0 spiro atoms. The van der Waals surface area contributed by atoms with Gasteiger partial charge >= 0.3 is 0 Å². The summed E-state index contributed by atoms with van der Waals surface area (Å²) in [4.78, 5) is 10.5. The molecule has 1 aromatic heterocycles. The summed E-state index contributed by atoms with van der Waals surface area (Å²) in [5.41, 5.74) is 1.39. The highest BCUT2D eigenvalue weighted by atomic mass is 19.1. The van der Waals surface area contributed by atoms with Gasteiger partial charge in [-0.3, -0.25) is 10.1 Å². The predicted octanol–water partition coefficient (Wildman–Crippen LogP) is 3.54. The molecule has 0 fully saturated rings. The number of aromatic nitrogens is 2. The monoisotopic (exact) mass is 342 g/mol. The van der Waals surface area contributed by atoms with Crippen molar-refractivity contribution in [2.24, 2.45) is 0 Å². The Morgan fingerprint density at radius 2 is 2.04 bits per heavy atom. The number of benzene rings is 2. The van der Waals surface area contributed by atoms with Crippen LogP contribution in [0.25, 0.3) is 5.69 Å². The van der Waals surface area contributed by atoms with Gasteiger partial charge in [0.25, 0.3) is 5.69 Å². The molecule has 3 aromatic rings. The van der Waals surface area contributed by atoms with Gasteiger partial charge in [-0.1, -0.05) is 18.2 Å². The van der Waals surface area contributed by atoms with Gasteiger partial charge in [-0.05, 0) is 18.2 Å². The van der Waals surface area contributed by atoms with Crippen molar-refractivity contribution in [1.29, 1.82) is 0 Å². The highest BCUT2D eigenvalue weighted by molar-refractivity contribution is 5.64. The van der Waals surface area contributed by atoms with E-state index in [0.717, 1.165) is 11.8 Å². The molecule has 7 nitrogen and oxygen atoms in total. The van der Waals surface area contributed by atoms with Gasteiger partial charge in [0.1, 0.15) is 5.69 Å². The maximum Gasteiger partial charge on any atom is 0.295 e. The van der Waals surface area contributed by atoms with Crippen LogP contribution in [-0.2, 0) is 6.54 Å². The van der Waals surface area contributed by atoms with Crippen LogP contribution in [0, 0.1) is 15.9 Å². The third kappa shape index (κ3) is 3.57. The largest absolute Gasteiger partial charge is 0.494 e. The van der Waals surface area contributed by atoms with E-state index in [2.05, 4.69) is 10.4 Å². The summed E-state index contributed by atoms with van der Waals surface area (Å²) in [7, 11) is 1.30. The Bertz CT molecular complexity index is 896. The Balaban J connectivity index is 1.80. The molecule has 8 heteroatoms. The van der Waals surface area contributed by atoms with Crippen molar-refractivity contribution in [1.82, 2.24) is 9.78 Å². The van der Waals surface area contributed by atoms with Crippen LogP contribution in [0.1, 0.15) is 5.69 Å². The lowest BCUT2D eigenvalue weighted by Crippen LogP contribution is -2.05. The summed E-state index contributed by atoms with van der Waals surface area (Å²) in [6.07, 6.45) is 1.80. The van der Waals surface area contributed by atoms with Crippen LogP contribution < -0.4 is 10.1 Å². The Kier molecular flexibility index (Phi) is 4.60. The molecular weight excluding hydrogens is 327 g/mol. The zero-order chi connectivity index (χ0) is 17.8. The highest BCUT2D eigenvalue weighted by Gasteiger charge is 2.19. The molecule has 2 aromatic carbocycles. The average Bonchev–Trinajstić information content (AvgIpc) is 3.10. The second kappa shape index (κ2) is 7.00. The molecule has 0 aliphatic rings. The van der Waals surface area contributed by atoms with Crippen LogP contribution in [0.4, 0.5) is 15.8 Å². The molecule has 0 atom stereocenters. The van der Waals surface area contributed by atoms with Crippen molar-refractivity contribution in [3.05, 3.63) is 76.4 Å². The summed E-state index contributed by atoms with van der Waals surface area (Å²) in [6.45, 7) is 0.245. The number of nitrogens with zero attached hydrogens (tertiary/aromatic N) is 3. The van der Waals surface area contributed by atoms with Gasteiger partial charge in [-0.25, -0.2) is 9.07 Å². The minimum atomic E-state index is -0.784. The standard InChI is InChI=1S/C17H15FN4O3/c1-25-17-10-15(16(22(23)24)9-14(17)18)19-11-12-7-8-21(20-12)13-5-3-2-4-6-13/h2-10,19H,11H2,1H3. The molecule has 0 aliphatic heterocycles. The number of anilines is 1. The number of ether oxygens (including phenoxy) is 1. The van der Waals surface area contributed by atoms with Crippen LogP contribution in [-0.4, -0.2) is 21.8 Å². The minimum Gasteiger partial charge on any atom is -0.494 e. The van der Waals surface area contributed by atoms with Crippen LogP contribution in [0.5, 0.6) is 5.75 Å². The van der Waals surface area contributed by atoms with Crippen molar-refractivity contribution in [2.45, 2.75) is 6.54 Å². The van der Waals surface area contributed by atoms with Gasteiger partial charge < -0.3 is 10.1 Å². The molecule has 0 saturated heterocycles. The molecule has 0 saturated carbocycles. The van der Waals surface area contributed by atoms with E-state index in [4.69, 9.17) is 4.74 Å². The summed E-state index contributed by atoms with van der Waals surface area (Å²) in [5.74, 6) is -0.851. The molecule has 0 bridgehead atoms. The topological polar surface area (TPSA) is 82.2 Å². The van der Waals surface area contributed by atoms with E-state index in [1.54, 1.807) is 16.9 Å². The summed E-state index contributed by atoms with van der Waals surface area (Å²) >= 11 is 0. The Hall–Kier alpha value is -3.42. The first-order chi connectivity index (χ1) is 12.1. The number of nitro groups is 1. The molecule has 0 unspecified atom stereocenters. The van der Waals surface area contributed by atoms with E-state index in [9.17, 15) is 14.5 Å². The van der Waals surface area contributed by atoms with Crippen LogP contribution in [0.2, 0.25) is 0 Å². The predicted molar refractivity (Wildman–Crippen MR) is 90.5 cm³/mol. The fraction of sp³-hybridized carbons (Fsp3) is 0.118. The van der Waals surface area contributed by atoms with Gasteiger partial charge in [-0.15, -0.1) is 0 Å². The van der Waals surface area contributed by atoms with E-state index in [1.807, 2.05) is 30.3 Å². The Morgan fingerprint density at radius 3 is 2.72 bits per heavy atom. The normalized spacial score (nSPS) is 10.5. The molecular formula is C17H15FN4O3. The summed E-state index contributed by atoms with van der Waals surface area (Å²) < 4.78 is 20.3. The second-order valence-electron chi connectivity index (χ2n) is 5.20. The number of halogens is 1. The van der Waals surface area contributed by atoms with Crippen molar-refractivity contribution in [2.75, 3.05) is 12.4 Å². The first-order valence-electron chi connectivity index (χ1n) is 7.44. The third-order valence-electron chi connectivity index (χ3n) is 3.59. The zero-order valence-electron chi connectivity index (χ0n) is 13.3. The number of rotatable bonds is 6. The first kappa shape index (κ1) is 16.4. The zero-order valence-corrected chi connectivity index (χ0v) is 13.3. The number of methoxy groups -OCH3 is 1. The van der Waals surface area contributed by atoms with Gasteiger partial charge in [0, 0.05) is 12.3 Å². The second-order valence-corrected chi connectivity index (χ2v) is 5.20. The van der Waals surface area contributed by atoms with Crippen molar-refractivity contribution >= 4 is 11.4 Å². The lowest BCUT2D eigenvalue weighted by atomic mass is 10.2. The van der Waals surface area contributed by atoms with E-state index in [0.29, 0.717) is 5.69 Å². The molecule has 0 radical (unpaired) electrons. The van der Waals surface area contributed by atoms with Gasteiger partial charge in [0.15, 0.2) is 11.6 Å². The lowest BCUT2D eigenvalue weighted by molar-refractivity contribution is -0.384. The number of nitro benzene ring substituents is 1. The van der Waals surface area contributed by atoms with E-state index in [1.165, 1.54) is 13.2 Å². The van der Waals surface area contributed by atoms with E-state index < -0.39 is 10.7 Å². The van der Waals surface area contributed by atoms with Crippen molar-refractivity contribution < 1.29 is 14.1 Å². The van der Waals surface area contributed by atoms with Crippen molar-refractivity contribution in [3.8, 4) is 11.4 Å². The first-order valence-corrected chi connectivity index (χ1v) is 7.44.